The van der Waals surface area contributed by atoms with E-state index in [2.05, 4.69) is 9.97 Å². The number of hydrogen-bond acceptors (Lipinski definition) is 6. The van der Waals surface area contributed by atoms with Gasteiger partial charge in [0.15, 0.2) is 5.16 Å². The summed E-state index contributed by atoms with van der Waals surface area (Å²) in [4.78, 5) is 34.6. The zero-order chi connectivity index (χ0) is 16.4. The van der Waals surface area contributed by atoms with Crippen molar-refractivity contribution in [1.82, 2.24) is 9.97 Å². The average Bonchev–Trinajstić information content (AvgIpc) is 2.81. The third-order valence-corrected chi connectivity index (χ3v) is 4.51. The minimum Gasteiger partial charge on any atom is -0.495 e. The number of imide groups is 1. The Balaban J connectivity index is 1.85. The molecule has 2 amide bonds. The van der Waals surface area contributed by atoms with E-state index in [1.807, 2.05) is 6.92 Å². The Morgan fingerprint density at radius 1 is 1.26 bits per heavy atom. The fourth-order valence-electron chi connectivity index (χ4n) is 2.37. The lowest BCUT2D eigenvalue weighted by molar-refractivity contribution is -0.121. The first-order valence-electron chi connectivity index (χ1n) is 7.06. The summed E-state index contributed by atoms with van der Waals surface area (Å²) in [6, 6.07) is 8.76. The zero-order valence-electron chi connectivity index (χ0n) is 12.7. The van der Waals surface area contributed by atoms with Crippen LogP contribution in [0.1, 0.15) is 12.1 Å². The maximum Gasteiger partial charge on any atom is 0.248 e. The van der Waals surface area contributed by atoms with Gasteiger partial charge in [0.25, 0.3) is 0 Å². The molecule has 1 aromatic carbocycles. The number of aromatic nitrogens is 2. The number of nitrogens with zero attached hydrogens (tertiary/aromatic N) is 3. The SMILES string of the molecule is COc1ccccc1N1C(=O)C[C@H](Sc2nccc(C)n2)C1=O. The lowest BCUT2D eigenvalue weighted by Gasteiger charge is -2.17. The number of amides is 2. The fraction of sp³-hybridized carbons (Fsp3) is 0.250. The van der Waals surface area contributed by atoms with E-state index in [0.29, 0.717) is 16.6 Å². The normalized spacial score (nSPS) is 17.7. The highest BCUT2D eigenvalue weighted by atomic mass is 32.2. The molecule has 1 aromatic heterocycles. The Morgan fingerprint density at radius 2 is 2.04 bits per heavy atom. The highest BCUT2D eigenvalue weighted by molar-refractivity contribution is 8.00. The van der Waals surface area contributed by atoms with Gasteiger partial charge < -0.3 is 4.74 Å². The Bertz CT molecular complexity index is 766. The maximum atomic E-state index is 12.6. The van der Waals surface area contributed by atoms with Gasteiger partial charge in [-0.15, -0.1) is 0 Å². The maximum absolute atomic E-state index is 12.6. The summed E-state index contributed by atoms with van der Waals surface area (Å²) in [5.74, 6) is -0.0223. The minimum absolute atomic E-state index is 0.124. The number of anilines is 1. The van der Waals surface area contributed by atoms with Crippen LogP contribution in [0.25, 0.3) is 0 Å². The summed E-state index contributed by atoms with van der Waals surface area (Å²) in [7, 11) is 1.51. The molecule has 1 saturated heterocycles. The summed E-state index contributed by atoms with van der Waals surface area (Å²) in [6.07, 6.45) is 1.77. The second-order valence-corrected chi connectivity index (χ2v) is 6.20. The Kier molecular flexibility index (Phi) is 4.29. The van der Waals surface area contributed by atoms with Crippen LogP contribution in [-0.4, -0.2) is 34.1 Å². The van der Waals surface area contributed by atoms with Crippen molar-refractivity contribution in [3.05, 3.63) is 42.2 Å². The molecule has 0 bridgehead atoms. The number of rotatable bonds is 4. The van der Waals surface area contributed by atoms with E-state index >= 15 is 0 Å². The molecule has 1 aliphatic rings. The highest BCUT2D eigenvalue weighted by Crippen LogP contribution is 2.36. The molecule has 2 aromatic rings. The molecule has 0 aliphatic carbocycles. The standard InChI is InChI=1S/C16H15N3O3S/c1-10-7-8-17-16(18-10)23-13-9-14(20)19(15(13)21)11-5-3-4-6-12(11)22-2/h3-8,13H,9H2,1-2H3/t13-/m0/s1. The van der Waals surface area contributed by atoms with Gasteiger partial charge in [0.05, 0.1) is 12.8 Å². The van der Waals surface area contributed by atoms with Crippen LogP contribution in [0.2, 0.25) is 0 Å². The predicted molar refractivity (Wildman–Crippen MR) is 86.5 cm³/mol. The smallest absolute Gasteiger partial charge is 0.248 e. The number of ether oxygens (including phenoxy) is 1. The van der Waals surface area contributed by atoms with E-state index < -0.39 is 5.25 Å². The number of aryl methyl sites for hydroxylation is 1. The first-order chi connectivity index (χ1) is 11.1. The summed E-state index contributed by atoms with van der Waals surface area (Å²) in [6.45, 7) is 1.86. The molecule has 1 aliphatic heterocycles. The molecule has 6 nitrogen and oxygen atoms in total. The molecule has 1 atom stereocenters. The molecule has 0 saturated carbocycles. The quantitative estimate of drug-likeness (QED) is 0.632. The van der Waals surface area contributed by atoms with Crippen molar-refractivity contribution in [3.63, 3.8) is 0 Å². The largest absolute Gasteiger partial charge is 0.495 e. The zero-order valence-corrected chi connectivity index (χ0v) is 13.5. The van der Waals surface area contributed by atoms with Gasteiger partial charge in [-0.05, 0) is 25.1 Å². The lowest BCUT2D eigenvalue weighted by Crippen LogP contribution is -2.31. The van der Waals surface area contributed by atoms with Crippen molar-refractivity contribution in [2.45, 2.75) is 23.8 Å². The molecular formula is C16H15N3O3S. The van der Waals surface area contributed by atoms with Crippen molar-refractivity contribution < 1.29 is 14.3 Å². The summed E-state index contributed by atoms with van der Waals surface area (Å²) >= 11 is 1.21. The van der Waals surface area contributed by atoms with Crippen molar-refractivity contribution in [2.75, 3.05) is 12.0 Å². The first kappa shape index (κ1) is 15.5. The van der Waals surface area contributed by atoms with Gasteiger partial charge in [-0.1, -0.05) is 23.9 Å². The molecule has 1 fully saturated rings. The number of para-hydroxylation sites is 2. The fourth-order valence-corrected chi connectivity index (χ4v) is 3.38. The molecule has 2 heterocycles. The van der Waals surface area contributed by atoms with Crippen LogP contribution in [0, 0.1) is 6.92 Å². The number of thioether (sulfide) groups is 1. The molecule has 23 heavy (non-hydrogen) atoms. The molecule has 0 N–H and O–H groups in total. The van der Waals surface area contributed by atoms with Gasteiger partial charge >= 0.3 is 0 Å². The van der Waals surface area contributed by atoms with Gasteiger partial charge in [0, 0.05) is 18.3 Å². The van der Waals surface area contributed by atoms with Crippen molar-refractivity contribution in [2.24, 2.45) is 0 Å². The van der Waals surface area contributed by atoms with Crippen LogP contribution in [0.5, 0.6) is 5.75 Å². The van der Waals surface area contributed by atoms with E-state index in [-0.39, 0.29) is 18.2 Å². The molecule has 118 valence electrons. The number of carbonyl (C=O) groups excluding carboxylic acids is 2. The monoisotopic (exact) mass is 329 g/mol. The second-order valence-electron chi connectivity index (χ2n) is 5.03. The van der Waals surface area contributed by atoms with Gasteiger partial charge in [-0.3, -0.25) is 9.59 Å². The van der Waals surface area contributed by atoms with Crippen molar-refractivity contribution in [1.29, 1.82) is 0 Å². The third kappa shape index (κ3) is 3.05. The van der Waals surface area contributed by atoms with Crippen molar-refractivity contribution in [3.8, 4) is 5.75 Å². The van der Waals surface area contributed by atoms with Gasteiger partial charge in [0.1, 0.15) is 11.0 Å². The van der Waals surface area contributed by atoms with Crippen LogP contribution < -0.4 is 9.64 Å². The van der Waals surface area contributed by atoms with Crippen LogP contribution in [0.4, 0.5) is 5.69 Å². The molecular weight excluding hydrogens is 314 g/mol. The Hall–Kier alpha value is -2.41. The molecule has 3 rings (SSSR count). The molecule has 0 spiro atoms. The number of methoxy groups -OCH3 is 1. The summed E-state index contributed by atoms with van der Waals surface area (Å²) < 4.78 is 5.25. The number of carbonyl (C=O) groups is 2. The first-order valence-corrected chi connectivity index (χ1v) is 7.94. The minimum atomic E-state index is -0.519. The molecule has 0 unspecified atom stereocenters. The lowest BCUT2D eigenvalue weighted by atomic mass is 10.2. The van der Waals surface area contributed by atoms with Gasteiger partial charge in [-0.2, -0.15) is 0 Å². The van der Waals surface area contributed by atoms with Gasteiger partial charge in [0.2, 0.25) is 11.8 Å². The number of hydrogen-bond donors (Lipinski definition) is 0. The summed E-state index contributed by atoms with van der Waals surface area (Å²) in [5, 5.41) is -0.0211. The Morgan fingerprint density at radius 3 is 2.78 bits per heavy atom. The van der Waals surface area contributed by atoms with E-state index in [1.165, 1.54) is 23.8 Å². The summed E-state index contributed by atoms with van der Waals surface area (Å²) in [5.41, 5.74) is 1.29. The van der Waals surface area contributed by atoms with Crippen LogP contribution >= 0.6 is 11.8 Å². The van der Waals surface area contributed by atoms with Gasteiger partial charge in [-0.25, -0.2) is 14.9 Å². The molecule has 0 radical (unpaired) electrons. The van der Waals surface area contributed by atoms with E-state index in [0.717, 1.165) is 5.69 Å². The predicted octanol–water partition coefficient (Wildman–Crippen LogP) is 2.22. The van der Waals surface area contributed by atoms with E-state index in [9.17, 15) is 9.59 Å². The van der Waals surface area contributed by atoms with E-state index in [1.54, 1.807) is 36.5 Å². The van der Waals surface area contributed by atoms with Crippen molar-refractivity contribution >= 4 is 29.3 Å². The topological polar surface area (TPSA) is 72.4 Å². The third-order valence-electron chi connectivity index (χ3n) is 3.45. The van der Waals surface area contributed by atoms with E-state index in [4.69, 9.17) is 4.74 Å². The van der Waals surface area contributed by atoms with Crippen LogP contribution in [0.3, 0.4) is 0 Å². The average molecular weight is 329 g/mol. The van der Waals surface area contributed by atoms with Crippen LogP contribution in [0.15, 0.2) is 41.7 Å². The number of benzene rings is 1. The Labute approximate surface area is 137 Å². The second kappa shape index (κ2) is 6.37. The highest BCUT2D eigenvalue weighted by Gasteiger charge is 2.41. The van der Waals surface area contributed by atoms with Crippen LogP contribution in [-0.2, 0) is 9.59 Å². The molecule has 7 heteroatoms.